The number of nitrogens with one attached hydrogen (secondary N) is 1. The predicted octanol–water partition coefficient (Wildman–Crippen LogP) is 6.11. The van der Waals surface area contributed by atoms with Gasteiger partial charge in [-0.2, -0.15) is 4.98 Å². The number of carbonyl (C=O) groups excluding carboxylic acids is 1. The highest BCUT2D eigenvalue weighted by Gasteiger charge is 2.26. The second-order valence-corrected chi connectivity index (χ2v) is 12.4. The lowest BCUT2D eigenvalue weighted by Crippen LogP contribution is -2.50. The molecule has 0 bridgehead atoms. The first-order valence-corrected chi connectivity index (χ1v) is 15.1. The van der Waals surface area contributed by atoms with Crippen molar-refractivity contribution in [1.29, 1.82) is 0 Å². The van der Waals surface area contributed by atoms with Crippen LogP contribution in [-0.4, -0.2) is 62.3 Å². The maximum Gasteiger partial charge on any atom is 0.410 e. The third-order valence-electron chi connectivity index (χ3n) is 8.06. The predicted molar refractivity (Wildman–Crippen MR) is 175 cm³/mol. The molecule has 6 rings (SSSR count). The van der Waals surface area contributed by atoms with Crippen molar-refractivity contribution >= 4 is 47.0 Å². The van der Waals surface area contributed by atoms with E-state index in [1.165, 1.54) is 0 Å². The van der Waals surface area contributed by atoms with Crippen LogP contribution in [0.25, 0.3) is 11.0 Å². The van der Waals surface area contributed by atoms with Gasteiger partial charge in [0.05, 0.1) is 11.9 Å². The number of aromatic nitrogens is 4. The zero-order valence-electron chi connectivity index (χ0n) is 25.5. The van der Waals surface area contributed by atoms with Crippen molar-refractivity contribution in [2.45, 2.75) is 64.5 Å². The number of nitrogens with zero attached hydrogens (tertiary/aromatic N) is 6. The molecule has 1 aliphatic carbocycles. The molecule has 1 aliphatic heterocycles. The van der Waals surface area contributed by atoms with Gasteiger partial charge in [-0.1, -0.05) is 43.2 Å². The number of pyridine rings is 2. The van der Waals surface area contributed by atoms with E-state index >= 15 is 0 Å². The molecule has 0 radical (unpaired) electrons. The largest absolute Gasteiger partial charge is 0.444 e. The van der Waals surface area contributed by atoms with Crippen molar-refractivity contribution in [1.82, 2.24) is 24.4 Å². The van der Waals surface area contributed by atoms with E-state index in [2.05, 4.69) is 32.3 Å². The number of fused-ring (bicyclic) bond motifs is 1. The Morgan fingerprint density at radius 2 is 1.70 bits per heavy atom. The van der Waals surface area contributed by atoms with Crippen molar-refractivity contribution in [3.05, 3.63) is 82.4 Å². The molecule has 4 heterocycles. The van der Waals surface area contributed by atoms with E-state index in [1.54, 1.807) is 11.1 Å². The topological polar surface area (TPSA) is 105 Å². The summed E-state index contributed by atoms with van der Waals surface area (Å²) < 4.78 is 7.41. The standard InChI is InChI=1S/C33H39N7O3.ClH/c1-33(2,3)43-32(42)39-17-15-38(16-18-39)27-13-14-28(34-22-27)36-31-35-21-25-20-24(19-23-9-5-4-6-10-23)30(41)40(29(25)37-31)26-11-7-8-12-26;/h4-6,9-10,13-14,20-22,26H,7-8,11-12,15-19H2,1-3H3,(H,34,35,36,37);1H. The number of anilines is 3. The Labute approximate surface area is 263 Å². The summed E-state index contributed by atoms with van der Waals surface area (Å²) in [6.07, 6.45) is 8.10. The lowest BCUT2D eigenvalue weighted by molar-refractivity contribution is 0.0240. The normalized spacial score (nSPS) is 15.7. The van der Waals surface area contributed by atoms with Crippen LogP contribution in [0.3, 0.4) is 0 Å². The van der Waals surface area contributed by atoms with E-state index < -0.39 is 5.60 Å². The maximum atomic E-state index is 13.8. The van der Waals surface area contributed by atoms with Gasteiger partial charge in [-0.05, 0) is 57.4 Å². The lowest BCUT2D eigenvalue weighted by Gasteiger charge is -2.36. The smallest absolute Gasteiger partial charge is 0.410 e. The molecule has 44 heavy (non-hydrogen) atoms. The van der Waals surface area contributed by atoms with Crippen LogP contribution in [-0.2, 0) is 11.2 Å². The molecule has 10 nitrogen and oxygen atoms in total. The fourth-order valence-corrected chi connectivity index (χ4v) is 5.92. The van der Waals surface area contributed by atoms with E-state index in [0.29, 0.717) is 50.0 Å². The number of amides is 1. The van der Waals surface area contributed by atoms with Crippen molar-refractivity contribution < 1.29 is 9.53 Å². The molecule has 11 heteroatoms. The van der Waals surface area contributed by atoms with Crippen LogP contribution in [0.4, 0.5) is 22.2 Å². The second kappa shape index (κ2) is 13.2. The number of carbonyl (C=O) groups is 1. The van der Waals surface area contributed by atoms with Gasteiger partial charge >= 0.3 is 6.09 Å². The number of benzene rings is 1. The van der Waals surface area contributed by atoms with E-state index in [-0.39, 0.29) is 30.1 Å². The molecule has 1 saturated carbocycles. The number of ether oxygens (including phenoxy) is 1. The fraction of sp³-hybridized carbons (Fsp3) is 0.424. The van der Waals surface area contributed by atoms with Gasteiger partial charge in [0.2, 0.25) is 5.95 Å². The highest BCUT2D eigenvalue weighted by molar-refractivity contribution is 5.85. The molecule has 4 aromatic rings. The van der Waals surface area contributed by atoms with Gasteiger partial charge < -0.3 is 19.9 Å². The third kappa shape index (κ3) is 7.13. The number of rotatable bonds is 6. The molecule has 1 N–H and O–H groups in total. The van der Waals surface area contributed by atoms with Gasteiger partial charge in [-0.3, -0.25) is 9.36 Å². The first-order chi connectivity index (χ1) is 20.7. The van der Waals surface area contributed by atoms with Crippen LogP contribution in [0.1, 0.15) is 63.6 Å². The summed E-state index contributed by atoms with van der Waals surface area (Å²) in [7, 11) is 0. The summed E-state index contributed by atoms with van der Waals surface area (Å²) in [5, 5.41) is 4.08. The first-order valence-electron chi connectivity index (χ1n) is 15.1. The van der Waals surface area contributed by atoms with Crippen LogP contribution in [0.5, 0.6) is 0 Å². The lowest BCUT2D eigenvalue weighted by atomic mass is 10.0. The molecular formula is C33H40ClN7O3. The Balaban J connectivity index is 0.00000384. The monoisotopic (exact) mass is 617 g/mol. The Morgan fingerprint density at radius 3 is 2.36 bits per heavy atom. The van der Waals surface area contributed by atoms with Gasteiger partial charge in [-0.15, -0.1) is 12.4 Å². The molecule has 1 saturated heterocycles. The maximum absolute atomic E-state index is 13.8. The van der Waals surface area contributed by atoms with Gasteiger partial charge in [-0.25, -0.2) is 14.8 Å². The van der Waals surface area contributed by atoms with Crippen LogP contribution in [0.15, 0.2) is 65.7 Å². The molecule has 0 unspecified atom stereocenters. The van der Waals surface area contributed by atoms with E-state index in [4.69, 9.17) is 9.72 Å². The van der Waals surface area contributed by atoms with Gasteiger partial charge in [0.25, 0.3) is 5.56 Å². The molecule has 1 aromatic carbocycles. The van der Waals surface area contributed by atoms with Gasteiger partial charge in [0, 0.05) is 55.8 Å². The summed E-state index contributed by atoms with van der Waals surface area (Å²) in [4.78, 5) is 44.1. The summed E-state index contributed by atoms with van der Waals surface area (Å²) in [5.41, 5.74) is 3.03. The average molecular weight is 618 g/mol. The minimum absolute atomic E-state index is 0. The zero-order valence-corrected chi connectivity index (χ0v) is 26.3. The van der Waals surface area contributed by atoms with Crippen LogP contribution >= 0.6 is 12.4 Å². The quantitative estimate of drug-likeness (QED) is 0.276. The summed E-state index contributed by atoms with van der Waals surface area (Å²) in [5.74, 6) is 1.02. The summed E-state index contributed by atoms with van der Waals surface area (Å²) >= 11 is 0. The van der Waals surface area contributed by atoms with Crippen molar-refractivity contribution in [2.75, 3.05) is 36.4 Å². The van der Waals surface area contributed by atoms with Crippen molar-refractivity contribution in [3.8, 4) is 0 Å². The van der Waals surface area contributed by atoms with Crippen LogP contribution in [0, 0.1) is 0 Å². The second-order valence-electron chi connectivity index (χ2n) is 12.4. The average Bonchev–Trinajstić information content (AvgIpc) is 3.53. The Hall–Kier alpha value is -4.18. The van der Waals surface area contributed by atoms with Gasteiger partial charge in [0.1, 0.15) is 17.1 Å². The van der Waals surface area contributed by atoms with Crippen LogP contribution in [0.2, 0.25) is 0 Å². The molecule has 3 aromatic heterocycles. The summed E-state index contributed by atoms with van der Waals surface area (Å²) in [6.45, 7) is 8.22. The first kappa shape index (κ1) is 31.3. The third-order valence-corrected chi connectivity index (χ3v) is 8.06. The molecule has 0 spiro atoms. The van der Waals surface area contributed by atoms with Gasteiger partial charge in [0.15, 0.2) is 0 Å². The highest BCUT2D eigenvalue weighted by atomic mass is 35.5. The molecule has 2 aliphatic rings. The minimum Gasteiger partial charge on any atom is -0.444 e. The molecule has 232 valence electrons. The zero-order chi connectivity index (χ0) is 30.0. The molecule has 2 fully saturated rings. The number of halogens is 1. The Morgan fingerprint density at radius 1 is 0.977 bits per heavy atom. The van der Waals surface area contributed by atoms with Crippen molar-refractivity contribution in [3.63, 3.8) is 0 Å². The van der Waals surface area contributed by atoms with E-state index in [1.807, 2.05) is 67.9 Å². The van der Waals surface area contributed by atoms with E-state index in [9.17, 15) is 9.59 Å². The fourth-order valence-electron chi connectivity index (χ4n) is 5.92. The highest BCUT2D eigenvalue weighted by Crippen LogP contribution is 2.31. The Bertz CT molecular complexity index is 1640. The molecular weight excluding hydrogens is 578 g/mol. The number of piperazine rings is 1. The molecule has 1 amide bonds. The summed E-state index contributed by atoms with van der Waals surface area (Å²) in [6, 6.07) is 16.1. The van der Waals surface area contributed by atoms with Crippen molar-refractivity contribution in [2.24, 2.45) is 0 Å². The molecule has 0 atom stereocenters. The number of hydrogen-bond donors (Lipinski definition) is 1. The van der Waals surface area contributed by atoms with E-state index in [0.717, 1.165) is 47.9 Å². The Kier molecular flexibility index (Phi) is 9.39. The SMILES string of the molecule is CC(C)(C)OC(=O)N1CCN(c2ccc(Nc3ncc4cc(Cc5ccccc5)c(=O)n(C5CCCC5)c4n3)nc2)CC1.Cl. The minimum atomic E-state index is -0.505. The number of hydrogen-bond acceptors (Lipinski definition) is 8. The van der Waals surface area contributed by atoms with Crippen LogP contribution < -0.4 is 15.8 Å².